The number of hydrogen-bond donors (Lipinski definition) is 2. The number of carbonyl (C=O) groups excluding carboxylic acids is 1. The van der Waals surface area contributed by atoms with Crippen LogP contribution < -0.4 is 16.2 Å². The lowest BCUT2D eigenvalue weighted by atomic mass is 10.2. The zero-order chi connectivity index (χ0) is 14.5. The number of hydrazine groups is 1. The number of nitrogen functional groups attached to an aromatic ring is 1. The highest BCUT2D eigenvalue weighted by Gasteiger charge is 2.09. The van der Waals surface area contributed by atoms with E-state index in [0.29, 0.717) is 17.0 Å². The Morgan fingerprint density at radius 3 is 2.95 bits per heavy atom. The van der Waals surface area contributed by atoms with Gasteiger partial charge in [-0.3, -0.25) is 10.2 Å². The molecule has 2 aromatic rings. The van der Waals surface area contributed by atoms with Gasteiger partial charge < -0.3 is 4.90 Å². The molecular weight excluding hydrogens is 272 g/mol. The Labute approximate surface area is 121 Å². The standard InChI is InChI=1S/C14H14N4OS/c1-18(11-4-2-3-10(7-11)8-15)9-12-5-6-13(20-12)14(19)17-16/h2-7H,9,16H2,1H3,(H,17,19). The van der Waals surface area contributed by atoms with E-state index in [1.54, 1.807) is 12.1 Å². The summed E-state index contributed by atoms with van der Waals surface area (Å²) in [6.07, 6.45) is 0. The van der Waals surface area contributed by atoms with Crippen molar-refractivity contribution in [3.8, 4) is 6.07 Å². The summed E-state index contributed by atoms with van der Waals surface area (Å²) in [5.74, 6) is 4.82. The number of nitrogens with two attached hydrogens (primary N) is 1. The lowest BCUT2D eigenvalue weighted by Gasteiger charge is -2.18. The summed E-state index contributed by atoms with van der Waals surface area (Å²) in [4.78, 5) is 15.0. The number of benzene rings is 1. The van der Waals surface area contributed by atoms with Crippen LogP contribution in [0.3, 0.4) is 0 Å². The van der Waals surface area contributed by atoms with E-state index in [1.807, 2.05) is 36.2 Å². The molecule has 0 aliphatic heterocycles. The molecule has 0 aliphatic rings. The maximum atomic E-state index is 11.4. The molecular formula is C14H14N4OS. The van der Waals surface area contributed by atoms with Crippen molar-refractivity contribution >= 4 is 22.9 Å². The van der Waals surface area contributed by atoms with Crippen molar-refractivity contribution in [2.24, 2.45) is 5.84 Å². The summed E-state index contributed by atoms with van der Waals surface area (Å²) in [6, 6.07) is 13.2. The van der Waals surface area contributed by atoms with Gasteiger partial charge in [-0.1, -0.05) is 6.07 Å². The van der Waals surface area contributed by atoms with Gasteiger partial charge in [0, 0.05) is 17.6 Å². The van der Waals surface area contributed by atoms with Gasteiger partial charge >= 0.3 is 0 Å². The number of thiophene rings is 1. The number of nitrogens with one attached hydrogen (secondary N) is 1. The molecule has 1 heterocycles. The minimum Gasteiger partial charge on any atom is -0.369 e. The summed E-state index contributed by atoms with van der Waals surface area (Å²) >= 11 is 1.40. The topological polar surface area (TPSA) is 82.2 Å². The predicted molar refractivity (Wildman–Crippen MR) is 79.2 cm³/mol. The Balaban J connectivity index is 2.11. The molecule has 102 valence electrons. The minimum atomic E-state index is -0.282. The maximum absolute atomic E-state index is 11.4. The summed E-state index contributed by atoms with van der Waals surface area (Å²) < 4.78 is 0. The van der Waals surface area contributed by atoms with Crippen molar-refractivity contribution in [3.05, 3.63) is 51.7 Å². The van der Waals surface area contributed by atoms with Gasteiger partial charge in [0.05, 0.1) is 23.1 Å². The lowest BCUT2D eigenvalue weighted by molar-refractivity contribution is 0.0957. The predicted octanol–water partition coefficient (Wildman–Crippen LogP) is 1.86. The molecule has 0 spiro atoms. The normalized spacial score (nSPS) is 9.85. The molecule has 1 aromatic heterocycles. The Hall–Kier alpha value is -2.36. The fraction of sp³-hybridized carbons (Fsp3) is 0.143. The van der Waals surface area contributed by atoms with E-state index in [0.717, 1.165) is 10.6 Å². The van der Waals surface area contributed by atoms with Crippen LogP contribution in [0.25, 0.3) is 0 Å². The molecule has 3 N–H and O–H groups in total. The Morgan fingerprint density at radius 2 is 2.25 bits per heavy atom. The maximum Gasteiger partial charge on any atom is 0.275 e. The van der Waals surface area contributed by atoms with Crippen LogP contribution in [0, 0.1) is 11.3 Å². The first-order valence-corrected chi connectivity index (χ1v) is 6.76. The van der Waals surface area contributed by atoms with Crippen LogP contribution in [-0.4, -0.2) is 13.0 Å². The molecule has 20 heavy (non-hydrogen) atoms. The third kappa shape index (κ3) is 3.15. The molecule has 1 aromatic carbocycles. The van der Waals surface area contributed by atoms with Gasteiger partial charge in [-0.15, -0.1) is 11.3 Å². The van der Waals surface area contributed by atoms with E-state index in [-0.39, 0.29) is 5.91 Å². The SMILES string of the molecule is CN(Cc1ccc(C(=O)NN)s1)c1cccc(C#N)c1. The summed E-state index contributed by atoms with van der Waals surface area (Å²) in [5.41, 5.74) is 3.71. The van der Waals surface area contributed by atoms with E-state index < -0.39 is 0 Å². The van der Waals surface area contributed by atoms with E-state index >= 15 is 0 Å². The molecule has 5 nitrogen and oxygen atoms in total. The zero-order valence-electron chi connectivity index (χ0n) is 11.0. The van der Waals surface area contributed by atoms with Crippen LogP contribution in [0.1, 0.15) is 20.1 Å². The van der Waals surface area contributed by atoms with Crippen molar-refractivity contribution in [2.45, 2.75) is 6.54 Å². The van der Waals surface area contributed by atoms with Gasteiger partial charge in [-0.05, 0) is 30.3 Å². The average molecular weight is 286 g/mol. The summed E-state index contributed by atoms with van der Waals surface area (Å²) in [6.45, 7) is 0.664. The fourth-order valence-electron chi connectivity index (χ4n) is 1.79. The second kappa shape index (κ2) is 6.19. The number of rotatable bonds is 4. The molecule has 0 aliphatic carbocycles. The highest BCUT2D eigenvalue weighted by atomic mass is 32.1. The highest BCUT2D eigenvalue weighted by Crippen LogP contribution is 2.21. The minimum absolute atomic E-state index is 0.282. The molecule has 0 fully saturated rings. The van der Waals surface area contributed by atoms with E-state index in [9.17, 15) is 4.79 Å². The van der Waals surface area contributed by atoms with Crippen LogP contribution in [0.4, 0.5) is 5.69 Å². The smallest absolute Gasteiger partial charge is 0.275 e. The second-order valence-electron chi connectivity index (χ2n) is 4.26. The van der Waals surface area contributed by atoms with Gasteiger partial charge in [0.1, 0.15) is 0 Å². The molecule has 0 unspecified atom stereocenters. The van der Waals surface area contributed by atoms with Gasteiger partial charge in [-0.2, -0.15) is 5.26 Å². The van der Waals surface area contributed by atoms with Gasteiger partial charge in [0.2, 0.25) is 0 Å². The first-order chi connectivity index (χ1) is 9.63. The molecule has 2 rings (SSSR count). The number of carbonyl (C=O) groups is 1. The second-order valence-corrected chi connectivity index (χ2v) is 5.43. The molecule has 0 atom stereocenters. The van der Waals surface area contributed by atoms with E-state index in [1.165, 1.54) is 11.3 Å². The average Bonchev–Trinajstić information content (AvgIpc) is 2.95. The van der Waals surface area contributed by atoms with Crippen LogP contribution in [0.2, 0.25) is 0 Å². The summed E-state index contributed by atoms with van der Waals surface area (Å²) in [7, 11) is 1.94. The number of nitriles is 1. The first kappa shape index (κ1) is 14.1. The Bertz CT molecular complexity index is 659. The molecule has 0 bridgehead atoms. The Morgan fingerprint density at radius 1 is 1.45 bits per heavy atom. The molecule has 6 heteroatoms. The van der Waals surface area contributed by atoms with Crippen LogP contribution >= 0.6 is 11.3 Å². The van der Waals surface area contributed by atoms with Crippen molar-refractivity contribution < 1.29 is 4.79 Å². The summed E-state index contributed by atoms with van der Waals surface area (Å²) in [5, 5.41) is 8.90. The van der Waals surface area contributed by atoms with Crippen LogP contribution in [-0.2, 0) is 6.54 Å². The lowest BCUT2D eigenvalue weighted by Crippen LogP contribution is -2.29. The third-order valence-electron chi connectivity index (χ3n) is 2.83. The van der Waals surface area contributed by atoms with Crippen molar-refractivity contribution in [3.63, 3.8) is 0 Å². The number of amides is 1. The molecule has 0 radical (unpaired) electrons. The fourth-order valence-corrected chi connectivity index (χ4v) is 2.76. The quantitative estimate of drug-likeness (QED) is 0.510. The Kier molecular flexibility index (Phi) is 4.35. The molecule has 0 saturated carbocycles. The van der Waals surface area contributed by atoms with E-state index in [2.05, 4.69) is 11.5 Å². The highest BCUT2D eigenvalue weighted by molar-refractivity contribution is 7.14. The first-order valence-electron chi connectivity index (χ1n) is 5.95. The van der Waals surface area contributed by atoms with Gasteiger partial charge in [0.15, 0.2) is 0 Å². The zero-order valence-corrected chi connectivity index (χ0v) is 11.8. The number of nitrogens with zero attached hydrogens (tertiary/aromatic N) is 2. The molecule has 0 saturated heterocycles. The number of hydrogen-bond acceptors (Lipinski definition) is 5. The van der Waals surface area contributed by atoms with Gasteiger partial charge in [0.25, 0.3) is 5.91 Å². The van der Waals surface area contributed by atoms with E-state index in [4.69, 9.17) is 11.1 Å². The number of anilines is 1. The largest absolute Gasteiger partial charge is 0.369 e. The van der Waals surface area contributed by atoms with Crippen molar-refractivity contribution in [2.75, 3.05) is 11.9 Å². The molecule has 1 amide bonds. The third-order valence-corrected chi connectivity index (χ3v) is 3.89. The van der Waals surface area contributed by atoms with Crippen molar-refractivity contribution in [1.82, 2.24) is 5.43 Å². The van der Waals surface area contributed by atoms with Crippen LogP contribution in [0.5, 0.6) is 0 Å². The van der Waals surface area contributed by atoms with Gasteiger partial charge in [-0.25, -0.2) is 5.84 Å². The van der Waals surface area contributed by atoms with Crippen molar-refractivity contribution in [1.29, 1.82) is 5.26 Å². The van der Waals surface area contributed by atoms with Crippen LogP contribution in [0.15, 0.2) is 36.4 Å². The monoisotopic (exact) mass is 286 g/mol.